The van der Waals surface area contributed by atoms with E-state index in [0.29, 0.717) is 17.5 Å². The van der Waals surface area contributed by atoms with Crippen molar-refractivity contribution in [2.75, 3.05) is 11.9 Å². The Morgan fingerprint density at radius 2 is 2.00 bits per heavy atom. The summed E-state index contributed by atoms with van der Waals surface area (Å²) in [5, 5.41) is 23.2. The van der Waals surface area contributed by atoms with E-state index in [2.05, 4.69) is 11.9 Å². The lowest BCUT2D eigenvalue weighted by molar-refractivity contribution is -0.384. The molecule has 0 atom stereocenters. The first-order valence-corrected chi connectivity index (χ1v) is 10.9. The Morgan fingerprint density at radius 1 is 1.27 bits per heavy atom. The van der Waals surface area contributed by atoms with Crippen molar-refractivity contribution in [1.29, 1.82) is 0 Å². The van der Waals surface area contributed by atoms with E-state index in [4.69, 9.17) is 9.47 Å². The van der Waals surface area contributed by atoms with Gasteiger partial charge in [0.05, 0.1) is 27.8 Å². The maximum atomic E-state index is 14.8. The third kappa shape index (κ3) is 4.29. The van der Waals surface area contributed by atoms with Gasteiger partial charge >= 0.3 is 5.97 Å². The zero-order chi connectivity index (χ0) is 27.0. The summed E-state index contributed by atoms with van der Waals surface area (Å²) < 4.78 is 41.5. The lowest BCUT2D eigenvalue weighted by Gasteiger charge is -2.25. The molecule has 3 heterocycles. The predicted octanol–water partition coefficient (Wildman–Crippen LogP) is 5.05. The summed E-state index contributed by atoms with van der Waals surface area (Å²) in [7, 11) is 0. The quantitative estimate of drug-likeness (QED) is 0.361. The lowest BCUT2D eigenvalue weighted by Crippen LogP contribution is -2.21. The van der Waals surface area contributed by atoms with Crippen molar-refractivity contribution in [3.8, 4) is 11.5 Å². The molecule has 0 amide bonds. The van der Waals surface area contributed by atoms with Crippen LogP contribution in [0.15, 0.2) is 65.4 Å². The third-order valence-electron chi connectivity index (χ3n) is 5.42. The van der Waals surface area contributed by atoms with Crippen LogP contribution < -0.4 is 20.2 Å². The minimum Gasteiger partial charge on any atom is -0.484 e. The molecule has 2 aliphatic rings. The van der Waals surface area contributed by atoms with Gasteiger partial charge in [-0.05, 0) is 18.2 Å². The number of aromatic nitrogens is 1. The zero-order valence-corrected chi connectivity index (χ0v) is 19.5. The average molecular weight is 511 g/mol. The number of ether oxygens (including phenoxy) is 2. The SMILES string of the molecule is C=C1/C=C2/Oc3cc([N+](=O)[O-])ccc3N/C2=C/COc2c(F)c(F)cc3c(=O)c(C(=O)O)cn1c23.CC. The van der Waals surface area contributed by atoms with Crippen molar-refractivity contribution in [3.05, 3.63) is 98.2 Å². The van der Waals surface area contributed by atoms with Gasteiger partial charge in [0.15, 0.2) is 23.1 Å². The number of allylic oxidation sites excluding steroid dienone is 2. The van der Waals surface area contributed by atoms with E-state index in [-0.39, 0.29) is 35.0 Å². The number of nitro benzene ring substituents is 1. The van der Waals surface area contributed by atoms with Crippen LogP contribution in [0.1, 0.15) is 24.2 Å². The predicted molar refractivity (Wildman–Crippen MR) is 131 cm³/mol. The summed E-state index contributed by atoms with van der Waals surface area (Å²) in [6.07, 6.45) is 3.74. The molecule has 0 unspecified atom stereocenters. The number of benzene rings is 2. The number of nitrogens with zero attached hydrogens (tertiary/aromatic N) is 2. The molecule has 0 bridgehead atoms. The molecule has 0 radical (unpaired) electrons. The van der Waals surface area contributed by atoms with Crippen molar-refractivity contribution in [2.45, 2.75) is 13.8 Å². The minimum atomic E-state index is -1.58. The van der Waals surface area contributed by atoms with Crippen LogP contribution >= 0.6 is 0 Å². The second-order valence-corrected chi connectivity index (χ2v) is 7.54. The standard InChI is InChI=1S/C23H13F2N3O7.C2H6/c1-10-6-17-16(26-15-3-2-11(28(32)33)7-18(15)35-17)4-5-34-22-19(25)14(24)8-12-20(22)27(10)9-13(21(12)29)23(30)31;1-2/h2-4,6-9,26H,1,5H2,(H,30,31);1-2H3/b16-4+,17-6+;. The van der Waals surface area contributed by atoms with Gasteiger partial charge in [0.2, 0.25) is 11.2 Å². The summed E-state index contributed by atoms with van der Waals surface area (Å²) in [6.45, 7) is 7.56. The number of nitro groups is 1. The maximum absolute atomic E-state index is 14.8. The number of nitrogens with one attached hydrogen (secondary N) is 1. The molecule has 2 N–H and O–H groups in total. The molecule has 5 rings (SSSR count). The molecule has 10 nitrogen and oxygen atoms in total. The molecule has 1 aromatic heterocycles. The Hall–Kier alpha value is -5.00. The molecule has 190 valence electrons. The monoisotopic (exact) mass is 511 g/mol. The first-order chi connectivity index (χ1) is 17.7. The number of rotatable bonds is 2. The Morgan fingerprint density at radius 3 is 2.68 bits per heavy atom. The van der Waals surface area contributed by atoms with Gasteiger partial charge in [0.25, 0.3) is 5.69 Å². The van der Waals surface area contributed by atoms with Crippen LogP contribution in [0.4, 0.5) is 20.2 Å². The number of hydrogen-bond acceptors (Lipinski definition) is 7. The summed E-state index contributed by atoms with van der Waals surface area (Å²) in [5.41, 5.74) is -1.44. The second kappa shape index (κ2) is 9.57. The first-order valence-electron chi connectivity index (χ1n) is 10.9. The normalized spacial score (nSPS) is 16.6. The maximum Gasteiger partial charge on any atom is 0.341 e. The number of anilines is 1. The molecular formula is C25H19F2N3O7. The molecule has 0 saturated heterocycles. The number of non-ortho nitro benzene ring substituents is 1. The summed E-state index contributed by atoms with van der Waals surface area (Å²) in [6, 6.07) is 4.53. The average Bonchev–Trinajstić information content (AvgIpc) is 2.87. The number of carboxylic acids is 1. The van der Waals surface area contributed by atoms with E-state index in [1.807, 2.05) is 13.8 Å². The number of fused-ring (bicyclic) bond motifs is 2. The van der Waals surface area contributed by atoms with Crippen molar-refractivity contribution >= 4 is 33.9 Å². The number of halogens is 2. The zero-order valence-electron chi connectivity index (χ0n) is 19.5. The molecule has 0 fully saturated rings. The largest absolute Gasteiger partial charge is 0.484 e. The molecule has 2 aliphatic heterocycles. The van der Waals surface area contributed by atoms with Gasteiger partial charge in [-0.1, -0.05) is 20.4 Å². The van der Waals surface area contributed by atoms with Gasteiger partial charge in [0, 0.05) is 24.0 Å². The van der Waals surface area contributed by atoms with E-state index in [0.717, 1.165) is 10.8 Å². The van der Waals surface area contributed by atoms with Crippen molar-refractivity contribution < 1.29 is 33.1 Å². The fraction of sp³-hybridized carbons (Fsp3) is 0.120. The van der Waals surface area contributed by atoms with E-state index < -0.39 is 44.7 Å². The van der Waals surface area contributed by atoms with Crippen LogP contribution in [0, 0.1) is 21.7 Å². The fourth-order valence-corrected chi connectivity index (χ4v) is 3.79. The highest BCUT2D eigenvalue weighted by Crippen LogP contribution is 2.39. The highest BCUT2D eigenvalue weighted by molar-refractivity contribution is 5.96. The van der Waals surface area contributed by atoms with Crippen LogP contribution in [-0.4, -0.2) is 27.2 Å². The Kier molecular flexibility index (Phi) is 6.49. The topological polar surface area (TPSA) is 133 Å². The molecule has 2 aromatic carbocycles. The molecule has 0 aliphatic carbocycles. The van der Waals surface area contributed by atoms with Crippen LogP contribution in [0.5, 0.6) is 11.5 Å². The summed E-state index contributed by atoms with van der Waals surface area (Å²) >= 11 is 0. The van der Waals surface area contributed by atoms with Gasteiger partial charge < -0.3 is 24.5 Å². The van der Waals surface area contributed by atoms with Crippen molar-refractivity contribution in [3.63, 3.8) is 0 Å². The van der Waals surface area contributed by atoms with E-state index in [9.17, 15) is 33.6 Å². The van der Waals surface area contributed by atoms with Gasteiger partial charge in [-0.3, -0.25) is 14.9 Å². The molecular weight excluding hydrogens is 492 g/mol. The van der Waals surface area contributed by atoms with E-state index in [1.165, 1.54) is 30.4 Å². The van der Waals surface area contributed by atoms with Crippen LogP contribution in [0.2, 0.25) is 0 Å². The van der Waals surface area contributed by atoms with Gasteiger partial charge in [-0.2, -0.15) is 4.39 Å². The van der Waals surface area contributed by atoms with E-state index >= 15 is 0 Å². The molecule has 0 saturated carbocycles. The number of pyridine rings is 1. The fourth-order valence-electron chi connectivity index (χ4n) is 3.79. The minimum absolute atomic E-state index is 0.00633. The van der Waals surface area contributed by atoms with Crippen LogP contribution in [-0.2, 0) is 0 Å². The van der Waals surface area contributed by atoms with Crippen molar-refractivity contribution in [2.24, 2.45) is 0 Å². The highest BCUT2D eigenvalue weighted by atomic mass is 19.2. The Balaban J connectivity index is 0.00000156. The highest BCUT2D eigenvalue weighted by Gasteiger charge is 2.27. The van der Waals surface area contributed by atoms with Crippen molar-refractivity contribution in [1.82, 2.24) is 4.57 Å². The smallest absolute Gasteiger partial charge is 0.341 e. The van der Waals surface area contributed by atoms with E-state index in [1.54, 1.807) is 0 Å². The number of aromatic carboxylic acids is 1. The molecule has 12 heteroatoms. The second-order valence-electron chi connectivity index (χ2n) is 7.54. The number of carbonyl (C=O) groups is 1. The lowest BCUT2D eigenvalue weighted by atomic mass is 10.1. The molecule has 37 heavy (non-hydrogen) atoms. The Bertz CT molecular complexity index is 1620. The number of hydrogen-bond donors (Lipinski definition) is 2. The van der Waals surface area contributed by atoms with Gasteiger partial charge in [0.1, 0.15) is 17.7 Å². The van der Waals surface area contributed by atoms with Crippen LogP contribution in [0.3, 0.4) is 0 Å². The summed E-state index contributed by atoms with van der Waals surface area (Å²) in [4.78, 5) is 34.9. The van der Waals surface area contributed by atoms with Crippen LogP contribution in [0.25, 0.3) is 16.6 Å². The summed E-state index contributed by atoms with van der Waals surface area (Å²) in [5.74, 6) is -4.67. The molecule has 3 aromatic rings. The number of carboxylic acid groups (broad SMARTS) is 1. The Labute approximate surface area is 207 Å². The molecule has 0 spiro atoms. The third-order valence-corrected chi connectivity index (χ3v) is 5.42. The van der Waals surface area contributed by atoms with Gasteiger partial charge in [-0.25, -0.2) is 9.18 Å². The van der Waals surface area contributed by atoms with Gasteiger partial charge in [-0.15, -0.1) is 0 Å². The first kappa shape index (κ1) is 25.1.